The fourth-order valence-electron chi connectivity index (χ4n) is 2.90. The van der Waals surface area contributed by atoms with Gasteiger partial charge < -0.3 is 14.8 Å². The van der Waals surface area contributed by atoms with Gasteiger partial charge in [0.1, 0.15) is 17.3 Å². The fraction of sp³-hybridized carbons (Fsp3) is 0.571. The first-order valence-electron chi connectivity index (χ1n) is 6.71. The average molecular weight is 348 g/mol. The van der Waals surface area contributed by atoms with Crippen LogP contribution in [0, 0.1) is 11.6 Å². The Labute approximate surface area is 124 Å². The van der Waals surface area contributed by atoms with Crippen LogP contribution in [0.1, 0.15) is 19.3 Å². The molecule has 1 N–H and O–H groups in total. The Bertz CT molecular complexity index is 483. The molecular weight excluding hydrogens is 332 g/mol. The third kappa shape index (κ3) is 2.82. The molecule has 2 fully saturated rings. The summed E-state index contributed by atoms with van der Waals surface area (Å²) in [7, 11) is 0. The van der Waals surface area contributed by atoms with Gasteiger partial charge in [0, 0.05) is 30.1 Å². The van der Waals surface area contributed by atoms with Gasteiger partial charge in [0.05, 0.1) is 12.2 Å². The molecule has 2 heterocycles. The molecule has 1 aromatic carbocycles. The SMILES string of the molecule is Fc1cc(Br)cc(F)c1NC1CCOC2(CCOC2)C1. The lowest BCUT2D eigenvalue weighted by Gasteiger charge is -2.37. The van der Waals surface area contributed by atoms with Gasteiger partial charge in [-0.25, -0.2) is 8.78 Å². The summed E-state index contributed by atoms with van der Waals surface area (Å²) in [6, 6.07) is 2.52. The summed E-state index contributed by atoms with van der Waals surface area (Å²) >= 11 is 3.08. The summed E-state index contributed by atoms with van der Waals surface area (Å²) in [5.41, 5.74) is -0.340. The van der Waals surface area contributed by atoms with E-state index >= 15 is 0 Å². The molecule has 2 saturated heterocycles. The maximum atomic E-state index is 13.8. The molecule has 0 bridgehead atoms. The molecule has 6 heteroatoms. The van der Waals surface area contributed by atoms with Gasteiger partial charge >= 0.3 is 0 Å². The van der Waals surface area contributed by atoms with Crippen LogP contribution in [0.4, 0.5) is 14.5 Å². The summed E-state index contributed by atoms with van der Waals surface area (Å²) in [4.78, 5) is 0. The highest BCUT2D eigenvalue weighted by atomic mass is 79.9. The number of rotatable bonds is 2. The predicted octanol–water partition coefficient (Wildman–Crippen LogP) is 3.48. The molecule has 2 aliphatic heterocycles. The Kier molecular flexibility index (Phi) is 3.97. The van der Waals surface area contributed by atoms with Gasteiger partial charge in [-0.15, -0.1) is 0 Å². The van der Waals surface area contributed by atoms with Crippen molar-refractivity contribution >= 4 is 21.6 Å². The van der Waals surface area contributed by atoms with E-state index in [0.717, 1.165) is 12.8 Å². The Morgan fingerprint density at radius 2 is 2.00 bits per heavy atom. The van der Waals surface area contributed by atoms with Gasteiger partial charge in [0.2, 0.25) is 0 Å². The minimum atomic E-state index is -0.583. The summed E-state index contributed by atoms with van der Waals surface area (Å²) in [5.74, 6) is -1.17. The molecule has 1 aromatic rings. The number of benzene rings is 1. The van der Waals surface area contributed by atoms with E-state index in [1.807, 2.05) is 0 Å². The zero-order valence-corrected chi connectivity index (χ0v) is 12.5. The summed E-state index contributed by atoms with van der Waals surface area (Å²) in [6.07, 6.45) is 2.29. The average Bonchev–Trinajstić information content (AvgIpc) is 2.82. The lowest BCUT2D eigenvalue weighted by Crippen LogP contribution is -2.45. The third-order valence-corrected chi connectivity index (χ3v) is 4.37. The second kappa shape index (κ2) is 5.58. The van der Waals surface area contributed by atoms with Crippen LogP contribution < -0.4 is 5.32 Å². The first-order chi connectivity index (χ1) is 9.58. The maximum Gasteiger partial charge on any atom is 0.150 e. The standard InChI is InChI=1S/C14H16BrF2NO2/c15-9-5-11(16)13(12(17)6-9)18-10-1-3-20-14(7-10)2-4-19-8-14/h5-6,10,18H,1-4,7-8H2. The Balaban J connectivity index is 1.74. The van der Waals surface area contributed by atoms with E-state index < -0.39 is 11.6 Å². The molecule has 20 heavy (non-hydrogen) atoms. The quantitative estimate of drug-likeness (QED) is 0.888. The number of anilines is 1. The van der Waals surface area contributed by atoms with Crippen molar-refractivity contribution in [3.63, 3.8) is 0 Å². The van der Waals surface area contributed by atoms with Crippen LogP contribution >= 0.6 is 15.9 Å². The largest absolute Gasteiger partial charge is 0.378 e. The molecule has 1 spiro atoms. The van der Waals surface area contributed by atoms with Crippen molar-refractivity contribution in [2.24, 2.45) is 0 Å². The van der Waals surface area contributed by atoms with Gasteiger partial charge in [-0.05, 0) is 25.0 Å². The van der Waals surface area contributed by atoms with Crippen LogP contribution in [-0.2, 0) is 9.47 Å². The van der Waals surface area contributed by atoms with Gasteiger partial charge in [0.25, 0.3) is 0 Å². The molecule has 3 nitrogen and oxygen atoms in total. The lowest BCUT2D eigenvalue weighted by atomic mass is 9.89. The number of hydrogen-bond donors (Lipinski definition) is 1. The van der Waals surface area contributed by atoms with E-state index in [0.29, 0.717) is 30.7 Å². The summed E-state index contributed by atoms with van der Waals surface area (Å²) in [6.45, 7) is 1.84. The number of halogens is 3. The topological polar surface area (TPSA) is 30.5 Å². The van der Waals surface area contributed by atoms with Crippen LogP contribution in [0.2, 0.25) is 0 Å². The van der Waals surface area contributed by atoms with E-state index in [2.05, 4.69) is 21.2 Å². The highest BCUT2D eigenvalue weighted by Crippen LogP contribution is 2.35. The second-order valence-corrected chi connectivity index (χ2v) is 6.33. The van der Waals surface area contributed by atoms with E-state index in [1.165, 1.54) is 12.1 Å². The van der Waals surface area contributed by atoms with Crippen molar-refractivity contribution in [3.05, 3.63) is 28.2 Å². The van der Waals surface area contributed by atoms with Crippen LogP contribution in [0.25, 0.3) is 0 Å². The molecule has 110 valence electrons. The normalized spacial score (nSPS) is 29.9. The van der Waals surface area contributed by atoms with Crippen LogP contribution in [0.15, 0.2) is 16.6 Å². The third-order valence-electron chi connectivity index (χ3n) is 3.92. The molecule has 0 aromatic heterocycles. The van der Waals surface area contributed by atoms with Gasteiger partial charge in [-0.1, -0.05) is 15.9 Å². The predicted molar refractivity (Wildman–Crippen MR) is 74.8 cm³/mol. The summed E-state index contributed by atoms with van der Waals surface area (Å²) < 4.78 is 39.3. The number of hydrogen-bond acceptors (Lipinski definition) is 3. The van der Waals surface area contributed by atoms with Crippen LogP contribution in [0.3, 0.4) is 0 Å². The van der Waals surface area contributed by atoms with Crippen molar-refractivity contribution in [1.29, 1.82) is 0 Å². The van der Waals surface area contributed by atoms with E-state index in [1.54, 1.807) is 0 Å². The molecule has 0 saturated carbocycles. The van der Waals surface area contributed by atoms with Crippen molar-refractivity contribution < 1.29 is 18.3 Å². The maximum absolute atomic E-state index is 13.8. The van der Waals surface area contributed by atoms with E-state index in [9.17, 15) is 8.78 Å². The van der Waals surface area contributed by atoms with Gasteiger partial charge in [0.15, 0.2) is 0 Å². The Hall–Kier alpha value is -0.720. The first kappa shape index (κ1) is 14.2. The van der Waals surface area contributed by atoms with E-state index in [-0.39, 0.29) is 17.3 Å². The summed E-state index contributed by atoms with van der Waals surface area (Å²) in [5, 5.41) is 2.99. The molecule has 0 aliphatic carbocycles. The molecule has 2 unspecified atom stereocenters. The van der Waals surface area contributed by atoms with Crippen LogP contribution in [-0.4, -0.2) is 31.5 Å². The minimum Gasteiger partial charge on any atom is -0.378 e. The number of nitrogens with one attached hydrogen (secondary N) is 1. The number of ether oxygens (including phenoxy) is 2. The van der Waals surface area contributed by atoms with Crippen LogP contribution in [0.5, 0.6) is 0 Å². The van der Waals surface area contributed by atoms with Gasteiger partial charge in [-0.2, -0.15) is 0 Å². The Morgan fingerprint density at radius 1 is 1.25 bits per heavy atom. The zero-order valence-electron chi connectivity index (χ0n) is 10.9. The zero-order chi connectivity index (χ0) is 14.2. The fourth-order valence-corrected chi connectivity index (χ4v) is 3.30. The Morgan fingerprint density at radius 3 is 2.65 bits per heavy atom. The smallest absolute Gasteiger partial charge is 0.150 e. The first-order valence-corrected chi connectivity index (χ1v) is 7.50. The highest BCUT2D eigenvalue weighted by Gasteiger charge is 2.41. The molecule has 2 atom stereocenters. The second-order valence-electron chi connectivity index (χ2n) is 5.41. The van der Waals surface area contributed by atoms with Crippen molar-refractivity contribution in [2.45, 2.75) is 30.9 Å². The van der Waals surface area contributed by atoms with Gasteiger partial charge in [-0.3, -0.25) is 0 Å². The highest BCUT2D eigenvalue weighted by molar-refractivity contribution is 9.10. The molecule has 0 radical (unpaired) electrons. The molecule has 2 aliphatic rings. The lowest BCUT2D eigenvalue weighted by molar-refractivity contribution is -0.0829. The molecule has 3 rings (SSSR count). The van der Waals surface area contributed by atoms with E-state index in [4.69, 9.17) is 9.47 Å². The molecule has 0 amide bonds. The molecular formula is C14H16BrF2NO2. The van der Waals surface area contributed by atoms with Crippen molar-refractivity contribution in [2.75, 3.05) is 25.1 Å². The van der Waals surface area contributed by atoms with Crippen molar-refractivity contribution in [1.82, 2.24) is 0 Å². The minimum absolute atomic E-state index is 0.00405. The van der Waals surface area contributed by atoms with Crippen molar-refractivity contribution in [3.8, 4) is 0 Å². The monoisotopic (exact) mass is 347 g/mol.